The van der Waals surface area contributed by atoms with Gasteiger partial charge in [0.2, 0.25) is 11.8 Å². The average molecular weight is 517 g/mol. The minimum absolute atomic E-state index is 0.0208. The lowest BCUT2D eigenvalue weighted by atomic mass is 9.76. The van der Waals surface area contributed by atoms with Crippen LogP contribution in [0.5, 0.6) is 0 Å². The molecule has 1 aromatic rings. The van der Waals surface area contributed by atoms with Crippen LogP contribution in [0.4, 0.5) is 5.69 Å². The van der Waals surface area contributed by atoms with E-state index in [9.17, 15) is 19.5 Å². The van der Waals surface area contributed by atoms with Gasteiger partial charge in [-0.15, -0.1) is 0 Å². The first-order valence-electron chi connectivity index (χ1n) is 13.0. The Labute approximate surface area is 223 Å². The highest BCUT2D eigenvalue weighted by molar-refractivity contribution is 5.91. The summed E-state index contributed by atoms with van der Waals surface area (Å²) in [6.07, 6.45) is 1.60. The minimum Gasteiger partial charge on any atom is -0.478 e. The number of rotatable bonds is 12. The Kier molecular flexibility index (Phi) is 11.4. The number of benzene rings is 1. The maximum absolute atomic E-state index is 13.8. The standard InChI is InChI=1S/C29H48N4O4/c1-12-31-21-15-13-14-20(17-21)29(8,9)23(30-10)25(34)32-24(28(5,6)7)26(35)33(11)22(18(2)3)16-19(4)27(36)37/h13-18,22-24,30-31H,12H2,1-11H3,(H,32,34)(H,36,37)/b19-16+. The molecule has 8 nitrogen and oxygen atoms in total. The first-order chi connectivity index (χ1) is 17.0. The molecule has 0 aromatic heterocycles. The number of anilines is 1. The number of aliphatic carboxylic acids is 1. The third-order valence-corrected chi connectivity index (χ3v) is 6.90. The molecule has 0 bridgehead atoms. The van der Waals surface area contributed by atoms with Crippen molar-refractivity contribution in [3.8, 4) is 0 Å². The number of hydrogen-bond donors (Lipinski definition) is 4. The first kappa shape index (κ1) is 32.2. The summed E-state index contributed by atoms with van der Waals surface area (Å²) in [5, 5.41) is 18.9. The van der Waals surface area contributed by atoms with Gasteiger partial charge in [0.15, 0.2) is 0 Å². The molecule has 4 N–H and O–H groups in total. The Balaban J connectivity index is 3.33. The van der Waals surface area contributed by atoms with Crippen LogP contribution in [0.25, 0.3) is 0 Å². The molecular weight excluding hydrogens is 468 g/mol. The molecule has 0 aliphatic heterocycles. The van der Waals surface area contributed by atoms with Gasteiger partial charge in [0.25, 0.3) is 0 Å². The normalized spacial score (nSPS) is 15.1. The zero-order chi connectivity index (χ0) is 28.7. The van der Waals surface area contributed by atoms with E-state index >= 15 is 0 Å². The zero-order valence-corrected chi connectivity index (χ0v) is 24.5. The van der Waals surface area contributed by atoms with E-state index in [1.54, 1.807) is 25.1 Å². The van der Waals surface area contributed by atoms with Gasteiger partial charge in [0.05, 0.1) is 12.1 Å². The van der Waals surface area contributed by atoms with Crippen molar-refractivity contribution in [2.24, 2.45) is 11.3 Å². The van der Waals surface area contributed by atoms with Gasteiger partial charge in [0.1, 0.15) is 6.04 Å². The van der Waals surface area contributed by atoms with Crippen LogP contribution in [0.1, 0.15) is 67.9 Å². The molecule has 8 heteroatoms. The molecule has 3 unspecified atom stereocenters. The van der Waals surface area contributed by atoms with Gasteiger partial charge in [-0.3, -0.25) is 9.59 Å². The number of carbonyl (C=O) groups excluding carboxylic acids is 2. The van der Waals surface area contributed by atoms with Crippen molar-refractivity contribution in [1.82, 2.24) is 15.5 Å². The van der Waals surface area contributed by atoms with Gasteiger partial charge in [-0.1, -0.05) is 66.7 Å². The number of carboxylic acids is 1. The fourth-order valence-corrected chi connectivity index (χ4v) is 4.52. The van der Waals surface area contributed by atoms with Gasteiger partial charge in [-0.25, -0.2) is 4.79 Å². The van der Waals surface area contributed by atoms with E-state index in [4.69, 9.17) is 0 Å². The van der Waals surface area contributed by atoms with E-state index in [-0.39, 0.29) is 23.3 Å². The van der Waals surface area contributed by atoms with Crippen LogP contribution in [0, 0.1) is 11.3 Å². The fourth-order valence-electron chi connectivity index (χ4n) is 4.52. The predicted octanol–water partition coefficient (Wildman–Crippen LogP) is 4.03. The average Bonchev–Trinajstić information content (AvgIpc) is 2.79. The van der Waals surface area contributed by atoms with Crippen molar-refractivity contribution in [2.75, 3.05) is 26.0 Å². The van der Waals surface area contributed by atoms with Crippen LogP contribution < -0.4 is 16.0 Å². The zero-order valence-electron chi connectivity index (χ0n) is 24.5. The van der Waals surface area contributed by atoms with Crippen molar-refractivity contribution in [3.63, 3.8) is 0 Å². The molecular formula is C29H48N4O4. The van der Waals surface area contributed by atoms with E-state index < -0.39 is 34.9 Å². The topological polar surface area (TPSA) is 111 Å². The second-order valence-electron chi connectivity index (χ2n) is 11.7. The van der Waals surface area contributed by atoms with Crippen molar-refractivity contribution in [1.29, 1.82) is 0 Å². The second-order valence-corrected chi connectivity index (χ2v) is 11.7. The highest BCUT2D eigenvalue weighted by Crippen LogP contribution is 2.30. The molecule has 0 aliphatic rings. The van der Waals surface area contributed by atoms with Crippen LogP contribution in [0.2, 0.25) is 0 Å². The lowest BCUT2D eigenvalue weighted by Gasteiger charge is -2.40. The van der Waals surface area contributed by atoms with Crippen LogP contribution in [0.3, 0.4) is 0 Å². The first-order valence-corrected chi connectivity index (χ1v) is 13.0. The minimum atomic E-state index is -1.02. The smallest absolute Gasteiger partial charge is 0.331 e. The fraction of sp³-hybridized carbons (Fsp3) is 0.621. The van der Waals surface area contributed by atoms with Crippen LogP contribution in [-0.4, -0.2) is 66.6 Å². The number of hydrogen-bond acceptors (Lipinski definition) is 5. The maximum Gasteiger partial charge on any atom is 0.331 e. The van der Waals surface area contributed by atoms with Crippen molar-refractivity contribution >= 4 is 23.5 Å². The lowest BCUT2D eigenvalue weighted by molar-refractivity contribution is -0.141. The number of amides is 2. The molecule has 0 radical (unpaired) electrons. The van der Waals surface area contributed by atoms with E-state index in [0.717, 1.165) is 17.8 Å². The molecule has 0 spiro atoms. The van der Waals surface area contributed by atoms with Crippen LogP contribution in [0.15, 0.2) is 35.9 Å². The third kappa shape index (κ3) is 8.32. The number of nitrogens with zero attached hydrogens (tertiary/aromatic N) is 1. The van der Waals surface area contributed by atoms with Crippen LogP contribution >= 0.6 is 0 Å². The SMILES string of the molecule is CCNc1cccc(C(C)(C)C(NC)C(=O)NC(C(=O)N(C)C(/C=C(\C)C(=O)O)C(C)C)C(C)(C)C)c1. The van der Waals surface area contributed by atoms with Crippen molar-refractivity contribution in [2.45, 2.75) is 85.9 Å². The quantitative estimate of drug-likeness (QED) is 0.312. The summed E-state index contributed by atoms with van der Waals surface area (Å²) in [6, 6.07) is 6.15. The summed E-state index contributed by atoms with van der Waals surface area (Å²) in [7, 11) is 3.41. The number of carboxylic acid groups (broad SMARTS) is 1. The summed E-state index contributed by atoms with van der Waals surface area (Å²) in [6.45, 7) is 18.0. The van der Waals surface area contributed by atoms with Gasteiger partial charge in [-0.05, 0) is 49.9 Å². The summed E-state index contributed by atoms with van der Waals surface area (Å²) in [5.41, 5.74) is 0.985. The molecule has 1 rings (SSSR count). The summed E-state index contributed by atoms with van der Waals surface area (Å²) in [4.78, 5) is 40.5. The predicted molar refractivity (Wildman–Crippen MR) is 151 cm³/mol. The number of likely N-dealkylation sites (N-methyl/N-ethyl adjacent to an activating group) is 2. The lowest BCUT2D eigenvalue weighted by Crippen LogP contribution is -2.61. The van der Waals surface area contributed by atoms with Crippen molar-refractivity contribution < 1.29 is 19.5 Å². The Morgan fingerprint density at radius 1 is 1.08 bits per heavy atom. The summed E-state index contributed by atoms with van der Waals surface area (Å²) >= 11 is 0. The van der Waals surface area contributed by atoms with Gasteiger partial charge in [0, 0.05) is 30.3 Å². The molecule has 208 valence electrons. The summed E-state index contributed by atoms with van der Waals surface area (Å²) in [5.74, 6) is -1.59. The molecule has 3 atom stereocenters. The highest BCUT2D eigenvalue weighted by atomic mass is 16.4. The van der Waals surface area contributed by atoms with Crippen molar-refractivity contribution in [3.05, 3.63) is 41.5 Å². The Morgan fingerprint density at radius 2 is 1.68 bits per heavy atom. The molecule has 0 saturated heterocycles. The van der Waals surface area contributed by atoms with E-state index in [1.807, 2.05) is 79.7 Å². The second kappa shape index (κ2) is 13.1. The van der Waals surface area contributed by atoms with Gasteiger partial charge >= 0.3 is 5.97 Å². The van der Waals surface area contributed by atoms with Gasteiger partial charge in [-0.2, -0.15) is 0 Å². The maximum atomic E-state index is 13.8. The van der Waals surface area contributed by atoms with E-state index in [1.165, 1.54) is 6.92 Å². The summed E-state index contributed by atoms with van der Waals surface area (Å²) < 4.78 is 0. The van der Waals surface area contributed by atoms with Gasteiger partial charge < -0.3 is 26.0 Å². The van der Waals surface area contributed by atoms with E-state index in [0.29, 0.717) is 0 Å². The van der Waals surface area contributed by atoms with Crippen LogP contribution in [-0.2, 0) is 19.8 Å². The molecule has 0 fully saturated rings. The molecule has 0 saturated carbocycles. The Morgan fingerprint density at radius 3 is 2.14 bits per heavy atom. The molecule has 2 amide bonds. The Bertz CT molecular complexity index is 978. The number of carbonyl (C=O) groups is 3. The molecule has 0 aliphatic carbocycles. The molecule has 0 heterocycles. The third-order valence-electron chi connectivity index (χ3n) is 6.90. The monoisotopic (exact) mass is 516 g/mol. The van der Waals surface area contributed by atoms with E-state index in [2.05, 4.69) is 16.0 Å². The Hall–Kier alpha value is -2.87. The highest BCUT2D eigenvalue weighted by Gasteiger charge is 2.41. The molecule has 37 heavy (non-hydrogen) atoms. The number of nitrogens with one attached hydrogen (secondary N) is 3. The largest absolute Gasteiger partial charge is 0.478 e. The molecule has 1 aromatic carbocycles.